The fourth-order valence-corrected chi connectivity index (χ4v) is 6.54. The van der Waals surface area contributed by atoms with E-state index in [0.29, 0.717) is 27.9 Å². The van der Waals surface area contributed by atoms with Crippen molar-refractivity contribution < 1.29 is 15.4 Å². The summed E-state index contributed by atoms with van der Waals surface area (Å²) in [6, 6.07) is 26.0. The van der Waals surface area contributed by atoms with Crippen LogP contribution in [0, 0.1) is 0 Å². The molecular formula is C40H24N4O. The molecule has 0 N–H and O–H groups in total. The Morgan fingerprint density at radius 1 is 0.556 bits per heavy atom. The lowest BCUT2D eigenvalue weighted by atomic mass is 10.1. The molecule has 0 radical (unpaired) electrons. The summed E-state index contributed by atoms with van der Waals surface area (Å²) in [5.74, 6) is 0.287. The molecule has 0 saturated heterocycles. The molecule has 45 heavy (non-hydrogen) atoms. The van der Waals surface area contributed by atoms with E-state index < -0.39 is 36.3 Å². The van der Waals surface area contributed by atoms with Crippen molar-refractivity contribution in [1.82, 2.24) is 19.1 Å². The Hall–Kier alpha value is -6.20. The molecule has 0 aliphatic rings. The zero-order valence-electron chi connectivity index (χ0n) is 31.4. The van der Waals surface area contributed by atoms with Crippen LogP contribution in [0.25, 0.3) is 88.4 Å². The van der Waals surface area contributed by atoms with Crippen molar-refractivity contribution in [1.29, 1.82) is 0 Å². The first-order valence-corrected chi connectivity index (χ1v) is 14.4. The fraction of sp³-hybridized carbons (Fsp3) is 0. The van der Waals surface area contributed by atoms with E-state index in [2.05, 4.69) is 33.8 Å². The molecule has 0 bridgehead atoms. The van der Waals surface area contributed by atoms with Gasteiger partial charge in [0.25, 0.3) is 0 Å². The lowest BCUT2D eigenvalue weighted by Gasteiger charge is -2.12. The molecule has 4 aromatic heterocycles. The second kappa shape index (κ2) is 9.15. The Bertz CT molecular complexity index is 3110. The SMILES string of the molecule is [2H]c1c([2H])c([2H])c2c(c1[2H])c1c([2H])c([2H])c([2H])c([2H])c1n2-c1ccccc1-c1ncc2oc3ccc(-n4c5ccccc5c5ccccc54)cc3c2n1. The molecule has 0 aliphatic heterocycles. The third-order valence-corrected chi connectivity index (χ3v) is 8.45. The van der Waals surface area contributed by atoms with Gasteiger partial charge >= 0.3 is 0 Å². The quantitative estimate of drug-likeness (QED) is 0.208. The topological polar surface area (TPSA) is 48.8 Å². The third-order valence-electron chi connectivity index (χ3n) is 8.45. The van der Waals surface area contributed by atoms with E-state index in [-0.39, 0.29) is 39.7 Å². The van der Waals surface area contributed by atoms with Crippen LogP contribution in [0.2, 0.25) is 0 Å². The highest BCUT2D eigenvalue weighted by molar-refractivity contribution is 6.11. The summed E-state index contributed by atoms with van der Waals surface area (Å²) in [4.78, 5) is 9.70. The molecule has 5 heteroatoms. The number of aromatic nitrogens is 4. The normalized spacial score (nSPS) is 14.5. The van der Waals surface area contributed by atoms with Crippen LogP contribution in [0.4, 0.5) is 0 Å². The Morgan fingerprint density at radius 2 is 1.20 bits per heavy atom. The molecule has 0 aliphatic carbocycles. The first kappa shape index (κ1) is 17.8. The van der Waals surface area contributed by atoms with Crippen LogP contribution in [0.1, 0.15) is 11.0 Å². The second-order valence-electron chi connectivity index (χ2n) is 10.9. The average molecular weight is 585 g/mol. The molecule has 0 amide bonds. The smallest absolute Gasteiger partial charge is 0.172 e. The van der Waals surface area contributed by atoms with E-state index >= 15 is 0 Å². The lowest BCUT2D eigenvalue weighted by Crippen LogP contribution is -1.99. The molecule has 210 valence electrons. The van der Waals surface area contributed by atoms with Gasteiger partial charge in [0.15, 0.2) is 11.4 Å². The molecule has 0 atom stereocenters. The van der Waals surface area contributed by atoms with E-state index in [0.717, 1.165) is 32.9 Å². The number of fused-ring (bicyclic) bond motifs is 9. The lowest BCUT2D eigenvalue weighted by molar-refractivity contribution is 0.666. The van der Waals surface area contributed by atoms with Crippen LogP contribution >= 0.6 is 0 Å². The maximum atomic E-state index is 8.96. The van der Waals surface area contributed by atoms with E-state index in [1.54, 1.807) is 30.5 Å². The Balaban J connectivity index is 1.25. The molecule has 6 aromatic carbocycles. The fourth-order valence-electron chi connectivity index (χ4n) is 6.54. The van der Waals surface area contributed by atoms with Crippen LogP contribution < -0.4 is 0 Å². The van der Waals surface area contributed by atoms with Crippen molar-refractivity contribution in [2.75, 3.05) is 0 Å². The zero-order valence-corrected chi connectivity index (χ0v) is 23.4. The van der Waals surface area contributed by atoms with Crippen molar-refractivity contribution in [3.05, 3.63) is 146 Å². The highest BCUT2D eigenvalue weighted by Gasteiger charge is 2.19. The number of para-hydroxylation sites is 5. The average Bonchev–Trinajstić information content (AvgIpc) is 3.85. The van der Waals surface area contributed by atoms with Crippen molar-refractivity contribution in [3.8, 4) is 22.8 Å². The minimum Gasteiger partial charge on any atom is -0.453 e. The highest BCUT2D eigenvalue weighted by atomic mass is 16.3. The van der Waals surface area contributed by atoms with Crippen LogP contribution in [0.5, 0.6) is 0 Å². The number of hydrogen-bond donors (Lipinski definition) is 0. The maximum Gasteiger partial charge on any atom is 0.172 e. The first-order chi connectivity index (χ1) is 25.7. The summed E-state index contributed by atoms with van der Waals surface area (Å²) in [5.41, 5.74) is 5.60. The van der Waals surface area contributed by atoms with E-state index in [9.17, 15) is 0 Å². The van der Waals surface area contributed by atoms with Crippen LogP contribution in [-0.2, 0) is 0 Å². The zero-order chi connectivity index (χ0) is 36.4. The van der Waals surface area contributed by atoms with Gasteiger partial charge in [0, 0.05) is 38.2 Å². The van der Waals surface area contributed by atoms with Gasteiger partial charge in [0.2, 0.25) is 0 Å². The minimum atomic E-state index is -0.497. The van der Waals surface area contributed by atoms with Gasteiger partial charge in [-0.25, -0.2) is 9.97 Å². The largest absolute Gasteiger partial charge is 0.453 e. The summed E-state index contributed by atoms with van der Waals surface area (Å²) in [6.45, 7) is 0. The molecule has 0 fully saturated rings. The molecule has 0 unspecified atom stereocenters. The summed E-state index contributed by atoms with van der Waals surface area (Å²) < 4.78 is 79.2. The monoisotopic (exact) mass is 584 g/mol. The van der Waals surface area contributed by atoms with Crippen molar-refractivity contribution in [3.63, 3.8) is 0 Å². The minimum absolute atomic E-state index is 0.00240. The van der Waals surface area contributed by atoms with Gasteiger partial charge in [-0.2, -0.15) is 0 Å². The van der Waals surface area contributed by atoms with Crippen LogP contribution in [0.3, 0.4) is 0 Å². The number of benzene rings is 6. The highest BCUT2D eigenvalue weighted by Crippen LogP contribution is 2.38. The Labute approximate surface area is 268 Å². The van der Waals surface area contributed by atoms with Gasteiger partial charge in [-0.15, -0.1) is 0 Å². The van der Waals surface area contributed by atoms with Gasteiger partial charge in [-0.1, -0.05) is 84.8 Å². The van der Waals surface area contributed by atoms with Crippen LogP contribution in [0.15, 0.2) is 150 Å². The molecule has 10 rings (SSSR count). The summed E-state index contributed by atoms with van der Waals surface area (Å²) in [5, 5.41) is 3.05. The standard InChI is InChI=1S/C40H24N4O/c1-6-16-32-26(11-1)27-12-2-7-17-33(27)43(32)25-21-22-37-31(23-25)39-38(45-37)24-41-40(42-39)30-15-5-10-20-36(30)44-34-18-8-3-13-28(34)29-14-4-9-19-35(29)44/h1-24H/i3D,4D,8D,9D,13D,14D,18D,19D. The summed E-state index contributed by atoms with van der Waals surface area (Å²) >= 11 is 0. The number of nitrogens with zero attached hydrogens (tertiary/aromatic N) is 4. The predicted molar refractivity (Wildman–Crippen MR) is 183 cm³/mol. The van der Waals surface area contributed by atoms with E-state index in [1.165, 1.54) is 4.57 Å². The molecular weight excluding hydrogens is 552 g/mol. The number of rotatable bonds is 3. The van der Waals surface area contributed by atoms with Gasteiger partial charge in [-0.05, 0) is 54.5 Å². The van der Waals surface area contributed by atoms with E-state index in [1.807, 2.05) is 42.5 Å². The first-order valence-electron chi connectivity index (χ1n) is 18.4. The van der Waals surface area contributed by atoms with E-state index in [4.69, 9.17) is 20.4 Å². The van der Waals surface area contributed by atoms with Gasteiger partial charge in [0.05, 0.1) is 44.9 Å². The van der Waals surface area contributed by atoms with Crippen molar-refractivity contribution in [2.45, 2.75) is 0 Å². The molecule has 0 spiro atoms. The van der Waals surface area contributed by atoms with Gasteiger partial charge in [0.1, 0.15) is 11.1 Å². The third kappa shape index (κ3) is 3.43. The molecule has 0 saturated carbocycles. The number of hydrogen-bond acceptors (Lipinski definition) is 3. The predicted octanol–water partition coefficient (Wildman–Crippen LogP) is 10.2. The van der Waals surface area contributed by atoms with Crippen molar-refractivity contribution in [2.24, 2.45) is 0 Å². The van der Waals surface area contributed by atoms with Crippen molar-refractivity contribution >= 4 is 65.7 Å². The maximum absolute atomic E-state index is 8.96. The summed E-state index contributed by atoms with van der Waals surface area (Å²) in [6.07, 6.45) is 1.60. The Morgan fingerprint density at radius 3 is 1.93 bits per heavy atom. The summed E-state index contributed by atoms with van der Waals surface area (Å²) in [7, 11) is 0. The molecule has 10 aromatic rings. The second-order valence-corrected chi connectivity index (χ2v) is 10.9. The van der Waals surface area contributed by atoms with Crippen LogP contribution in [-0.4, -0.2) is 19.1 Å². The molecule has 4 heterocycles. The van der Waals surface area contributed by atoms with Gasteiger partial charge in [-0.3, -0.25) is 0 Å². The molecule has 5 nitrogen and oxygen atoms in total. The number of furan rings is 1. The van der Waals surface area contributed by atoms with Gasteiger partial charge < -0.3 is 13.6 Å². The Kier molecular flexibility index (Phi) is 3.62.